The van der Waals surface area contributed by atoms with Crippen molar-refractivity contribution in [2.24, 2.45) is 0 Å². The molecule has 0 unspecified atom stereocenters. The van der Waals surface area contributed by atoms with Gasteiger partial charge in [-0.15, -0.1) is 0 Å². The molecule has 160 valence electrons. The maximum absolute atomic E-state index is 6.30. The van der Waals surface area contributed by atoms with Gasteiger partial charge in [-0.1, -0.05) is 97.1 Å². The largest absolute Gasteiger partial charge is 0.457 e. The average molecular weight is 424 g/mol. The fraction of sp³-hybridized carbons (Fsp3) is 0.143. The molecule has 0 radical (unpaired) electrons. The molecule has 5 rings (SSSR count). The summed E-state index contributed by atoms with van der Waals surface area (Å²) in [7, 11) is 0. The van der Waals surface area contributed by atoms with E-state index >= 15 is 0 Å². The molecule has 2 atom stereocenters. The van der Waals surface area contributed by atoms with Gasteiger partial charge in [0.05, 0.1) is 13.2 Å². The maximum atomic E-state index is 6.30. The predicted molar refractivity (Wildman–Crippen MR) is 124 cm³/mol. The van der Waals surface area contributed by atoms with Crippen molar-refractivity contribution >= 4 is 0 Å². The van der Waals surface area contributed by atoms with E-state index in [1.54, 1.807) is 0 Å². The third-order valence-corrected chi connectivity index (χ3v) is 5.30. The SMILES string of the molecule is c1ccc(-c2ccccc2O[C@H]2OCCO[C@H]2Oc2ccccc2-c2ccccc2)cc1. The Kier molecular flexibility index (Phi) is 6.15. The zero-order valence-corrected chi connectivity index (χ0v) is 17.6. The highest BCUT2D eigenvalue weighted by Crippen LogP contribution is 2.34. The van der Waals surface area contributed by atoms with Gasteiger partial charge < -0.3 is 18.9 Å². The molecule has 0 spiro atoms. The van der Waals surface area contributed by atoms with Crippen LogP contribution in [-0.2, 0) is 9.47 Å². The Morgan fingerprint density at radius 1 is 0.469 bits per heavy atom. The summed E-state index contributed by atoms with van der Waals surface area (Å²) in [5.41, 5.74) is 4.13. The topological polar surface area (TPSA) is 36.9 Å². The highest BCUT2D eigenvalue weighted by atomic mass is 16.8. The van der Waals surface area contributed by atoms with Crippen molar-refractivity contribution in [2.75, 3.05) is 13.2 Å². The Labute approximate surface area is 188 Å². The standard InChI is InChI=1S/C28H24O4/c1-3-11-21(12-4-1)23-15-7-9-17-25(23)31-27-28(30-20-19-29-27)32-26-18-10-8-16-24(26)22-13-5-2-6-14-22/h1-18,27-28H,19-20H2/t27-,28+. The van der Waals surface area contributed by atoms with Crippen LogP contribution in [0, 0.1) is 0 Å². The van der Waals surface area contributed by atoms with Crippen LogP contribution in [0.5, 0.6) is 11.5 Å². The molecular weight excluding hydrogens is 400 g/mol. The molecule has 1 aliphatic rings. The van der Waals surface area contributed by atoms with E-state index in [9.17, 15) is 0 Å². The van der Waals surface area contributed by atoms with Gasteiger partial charge in [-0.25, -0.2) is 0 Å². The number of para-hydroxylation sites is 2. The monoisotopic (exact) mass is 424 g/mol. The predicted octanol–water partition coefficient (Wildman–Crippen LogP) is 6.18. The number of rotatable bonds is 6. The van der Waals surface area contributed by atoms with E-state index in [0.717, 1.165) is 33.8 Å². The van der Waals surface area contributed by atoms with E-state index < -0.39 is 12.6 Å². The van der Waals surface area contributed by atoms with Gasteiger partial charge >= 0.3 is 0 Å². The third-order valence-electron chi connectivity index (χ3n) is 5.30. The second-order valence-corrected chi connectivity index (χ2v) is 7.44. The normalized spacial score (nSPS) is 18.1. The first kappa shape index (κ1) is 20.3. The van der Waals surface area contributed by atoms with E-state index in [0.29, 0.717) is 13.2 Å². The molecule has 4 nitrogen and oxygen atoms in total. The van der Waals surface area contributed by atoms with Crippen molar-refractivity contribution in [1.82, 2.24) is 0 Å². The zero-order chi connectivity index (χ0) is 21.6. The Balaban J connectivity index is 1.40. The van der Waals surface area contributed by atoms with E-state index in [1.165, 1.54) is 0 Å². The van der Waals surface area contributed by atoms with Crippen LogP contribution in [0.25, 0.3) is 22.3 Å². The molecule has 1 saturated heterocycles. The molecule has 0 amide bonds. The van der Waals surface area contributed by atoms with Crippen LogP contribution in [0.3, 0.4) is 0 Å². The molecule has 4 aromatic rings. The Hall–Kier alpha value is -3.60. The van der Waals surface area contributed by atoms with Gasteiger partial charge in [-0.05, 0) is 23.3 Å². The van der Waals surface area contributed by atoms with Crippen molar-refractivity contribution in [1.29, 1.82) is 0 Å². The molecular formula is C28H24O4. The number of benzene rings is 4. The zero-order valence-electron chi connectivity index (χ0n) is 17.6. The second kappa shape index (κ2) is 9.69. The van der Waals surface area contributed by atoms with Gasteiger partial charge in [-0.3, -0.25) is 0 Å². The quantitative estimate of drug-likeness (QED) is 0.370. The van der Waals surface area contributed by atoms with Crippen molar-refractivity contribution in [3.8, 4) is 33.8 Å². The van der Waals surface area contributed by atoms with Crippen molar-refractivity contribution < 1.29 is 18.9 Å². The molecule has 0 saturated carbocycles. The summed E-state index contributed by atoms with van der Waals surface area (Å²) >= 11 is 0. The smallest absolute Gasteiger partial charge is 0.263 e. The summed E-state index contributed by atoms with van der Waals surface area (Å²) in [5.74, 6) is 1.44. The molecule has 4 aromatic carbocycles. The molecule has 1 heterocycles. The van der Waals surface area contributed by atoms with Crippen molar-refractivity contribution in [3.63, 3.8) is 0 Å². The highest BCUT2D eigenvalue weighted by Gasteiger charge is 2.32. The maximum Gasteiger partial charge on any atom is 0.263 e. The first-order chi connectivity index (χ1) is 15.9. The first-order valence-corrected chi connectivity index (χ1v) is 10.7. The van der Waals surface area contributed by atoms with Gasteiger partial charge in [0, 0.05) is 11.1 Å². The van der Waals surface area contributed by atoms with E-state index in [1.807, 2.05) is 84.9 Å². The number of hydrogen-bond acceptors (Lipinski definition) is 4. The minimum Gasteiger partial charge on any atom is -0.457 e. The van der Waals surface area contributed by atoms with Crippen LogP contribution < -0.4 is 9.47 Å². The number of hydrogen-bond donors (Lipinski definition) is 0. The van der Waals surface area contributed by atoms with Gasteiger partial charge in [0.15, 0.2) is 0 Å². The molecule has 1 aliphatic heterocycles. The molecule has 1 fully saturated rings. The van der Waals surface area contributed by atoms with Crippen LogP contribution in [0.1, 0.15) is 0 Å². The molecule has 0 bridgehead atoms. The van der Waals surface area contributed by atoms with Gasteiger partial charge in [0.1, 0.15) is 11.5 Å². The summed E-state index contributed by atoms with van der Waals surface area (Å²) < 4.78 is 24.5. The van der Waals surface area contributed by atoms with Crippen molar-refractivity contribution in [3.05, 3.63) is 109 Å². The lowest BCUT2D eigenvalue weighted by Crippen LogP contribution is -2.45. The van der Waals surface area contributed by atoms with E-state index in [2.05, 4.69) is 24.3 Å². The molecule has 0 aromatic heterocycles. The van der Waals surface area contributed by atoms with E-state index in [4.69, 9.17) is 18.9 Å². The fourth-order valence-electron chi connectivity index (χ4n) is 3.77. The second-order valence-electron chi connectivity index (χ2n) is 7.44. The summed E-state index contributed by atoms with van der Waals surface area (Å²) in [6, 6.07) is 36.1. The van der Waals surface area contributed by atoms with Crippen LogP contribution in [-0.4, -0.2) is 25.8 Å². The molecule has 32 heavy (non-hydrogen) atoms. The summed E-state index contributed by atoms with van der Waals surface area (Å²) in [5, 5.41) is 0. The highest BCUT2D eigenvalue weighted by molar-refractivity contribution is 5.71. The summed E-state index contributed by atoms with van der Waals surface area (Å²) in [6.07, 6.45) is -1.39. The van der Waals surface area contributed by atoms with Gasteiger partial charge in [0.25, 0.3) is 12.6 Å². The number of ether oxygens (including phenoxy) is 4. The Bertz CT molecular complexity index is 1050. The average Bonchev–Trinajstić information content (AvgIpc) is 2.87. The van der Waals surface area contributed by atoms with Gasteiger partial charge in [-0.2, -0.15) is 0 Å². The Morgan fingerprint density at radius 2 is 0.844 bits per heavy atom. The minimum atomic E-state index is -0.697. The van der Waals surface area contributed by atoms with Crippen LogP contribution in [0.2, 0.25) is 0 Å². The Morgan fingerprint density at radius 3 is 1.28 bits per heavy atom. The molecule has 0 N–H and O–H groups in total. The summed E-state index contributed by atoms with van der Waals surface area (Å²) in [6.45, 7) is 0.886. The molecule has 0 aliphatic carbocycles. The van der Waals surface area contributed by atoms with Crippen molar-refractivity contribution in [2.45, 2.75) is 12.6 Å². The fourth-order valence-corrected chi connectivity index (χ4v) is 3.77. The minimum absolute atomic E-state index is 0.443. The third kappa shape index (κ3) is 4.52. The molecule has 4 heteroatoms. The van der Waals surface area contributed by atoms with Crippen LogP contribution in [0.4, 0.5) is 0 Å². The lowest BCUT2D eigenvalue weighted by molar-refractivity contribution is -0.270. The van der Waals surface area contributed by atoms with Crippen LogP contribution >= 0.6 is 0 Å². The van der Waals surface area contributed by atoms with E-state index in [-0.39, 0.29) is 0 Å². The lowest BCUT2D eigenvalue weighted by atomic mass is 10.0. The van der Waals surface area contributed by atoms with Gasteiger partial charge in [0.2, 0.25) is 0 Å². The summed E-state index contributed by atoms with van der Waals surface area (Å²) in [4.78, 5) is 0. The van der Waals surface area contributed by atoms with Crippen LogP contribution in [0.15, 0.2) is 109 Å². The lowest BCUT2D eigenvalue weighted by Gasteiger charge is -2.32. The first-order valence-electron chi connectivity index (χ1n) is 10.7.